The second kappa shape index (κ2) is 5.20. The van der Waals surface area contributed by atoms with E-state index in [0.29, 0.717) is 5.69 Å². The second-order valence-corrected chi connectivity index (χ2v) is 5.39. The summed E-state index contributed by atoms with van der Waals surface area (Å²) >= 11 is 0. The molecule has 0 spiro atoms. The smallest absolute Gasteiger partial charge is 0.335 e. The number of benzene rings is 1. The Balaban J connectivity index is 1.83. The molecule has 0 atom stereocenters. The molecule has 1 fully saturated rings. The van der Waals surface area contributed by atoms with Crippen molar-refractivity contribution in [1.82, 2.24) is 4.90 Å². The van der Waals surface area contributed by atoms with E-state index < -0.39 is 5.97 Å². The minimum absolute atomic E-state index is 0.00505. The van der Waals surface area contributed by atoms with E-state index in [1.807, 2.05) is 0 Å². The molecule has 1 N–H and O–H groups in total. The average molecular weight is 288 g/mol. The quantitative estimate of drug-likeness (QED) is 0.896. The normalized spacial score (nSPS) is 17.2. The van der Waals surface area contributed by atoms with Gasteiger partial charge in [-0.05, 0) is 30.5 Å². The molecule has 0 aliphatic carbocycles. The van der Waals surface area contributed by atoms with Crippen LogP contribution in [-0.4, -0.2) is 47.4 Å². The highest BCUT2D eigenvalue weighted by molar-refractivity contribution is 6.06. The van der Waals surface area contributed by atoms with Gasteiger partial charge in [0.1, 0.15) is 6.54 Å². The summed E-state index contributed by atoms with van der Waals surface area (Å²) in [6.45, 7) is 1.47. The van der Waals surface area contributed by atoms with Gasteiger partial charge in [0.05, 0.1) is 12.0 Å². The number of rotatable bonds is 3. The van der Waals surface area contributed by atoms with Crippen LogP contribution < -0.4 is 4.90 Å². The van der Waals surface area contributed by atoms with E-state index in [-0.39, 0.29) is 30.3 Å². The van der Waals surface area contributed by atoms with Crippen LogP contribution in [0.15, 0.2) is 18.2 Å². The van der Waals surface area contributed by atoms with Gasteiger partial charge in [0.25, 0.3) is 0 Å². The highest BCUT2D eigenvalue weighted by Crippen LogP contribution is 2.30. The van der Waals surface area contributed by atoms with Crippen molar-refractivity contribution < 1.29 is 19.5 Å². The van der Waals surface area contributed by atoms with Crippen molar-refractivity contribution >= 4 is 23.5 Å². The molecule has 0 unspecified atom stereocenters. The van der Waals surface area contributed by atoms with Gasteiger partial charge in [-0.3, -0.25) is 9.59 Å². The molecule has 0 radical (unpaired) electrons. The minimum atomic E-state index is -1.04. The Bertz CT molecular complexity index is 620. The van der Waals surface area contributed by atoms with Crippen molar-refractivity contribution in [1.29, 1.82) is 0 Å². The fraction of sp³-hybridized carbons (Fsp3) is 0.400. The maximum Gasteiger partial charge on any atom is 0.335 e. The molecular formula is C15H16N2O4. The molecule has 0 bridgehead atoms. The van der Waals surface area contributed by atoms with Gasteiger partial charge in [-0.2, -0.15) is 0 Å². The van der Waals surface area contributed by atoms with Crippen LogP contribution in [0.4, 0.5) is 5.69 Å². The monoisotopic (exact) mass is 288 g/mol. The molecule has 2 aliphatic rings. The first-order valence-electron chi connectivity index (χ1n) is 7.00. The second-order valence-electron chi connectivity index (χ2n) is 5.39. The van der Waals surface area contributed by atoms with Gasteiger partial charge in [0.15, 0.2) is 0 Å². The van der Waals surface area contributed by atoms with E-state index in [4.69, 9.17) is 5.11 Å². The van der Waals surface area contributed by atoms with E-state index in [0.717, 1.165) is 31.5 Å². The maximum absolute atomic E-state index is 12.2. The lowest BCUT2D eigenvalue weighted by molar-refractivity contribution is -0.130. The first-order valence-corrected chi connectivity index (χ1v) is 7.00. The van der Waals surface area contributed by atoms with Crippen LogP contribution in [0.25, 0.3) is 0 Å². The van der Waals surface area contributed by atoms with Gasteiger partial charge >= 0.3 is 5.97 Å². The van der Waals surface area contributed by atoms with E-state index >= 15 is 0 Å². The third-order valence-electron chi connectivity index (χ3n) is 4.02. The van der Waals surface area contributed by atoms with Crippen LogP contribution in [0.3, 0.4) is 0 Å². The molecule has 1 saturated heterocycles. The van der Waals surface area contributed by atoms with Gasteiger partial charge in [-0.1, -0.05) is 6.07 Å². The summed E-state index contributed by atoms with van der Waals surface area (Å²) in [6, 6.07) is 4.61. The summed E-state index contributed by atoms with van der Waals surface area (Å²) in [4.78, 5) is 38.5. The van der Waals surface area contributed by atoms with Crippen molar-refractivity contribution in [2.45, 2.75) is 19.3 Å². The molecule has 21 heavy (non-hydrogen) atoms. The van der Waals surface area contributed by atoms with Gasteiger partial charge in [0.2, 0.25) is 11.8 Å². The Hall–Kier alpha value is -2.37. The Morgan fingerprint density at radius 3 is 2.57 bits per heavy atom. The predicted molar refractivity (Wildman–Crippen MR) is 75.3 cm³/mol. The number of carbonyl (C=O) groups is 3. The Kier molecular flexibility index (Phi) is 3.37. The number of aromatic carboxylic acids is 1. The lowest BCUT2D eigenvalue weighted by Crippen LogP contribution is -2.40. The van der Waals surface area contributed by atoms with Crippen LogP contribution in [0, 0.1) is 0 Å². The largest absolute Gasteiger partial charge is 0.478 e. The van der Waals surface area contributed by atoms with Crippen molar-refractivity contribution in [3.8, 4) is 0 Å². The number of carbonyl (C=O) groups excluding carboxylic acids is 2. The molecule has 2 amide bonds. The molecule has 1 aromatic rings. The highest BCUT2D eigenvalue weighted by atomic mass is 16.4. The summed E-state index contributed by atoms with van der Waals surface area (Å²) < 4.78 is 0. The molecular weight excluding hydrogens is 272 g/mol. The first kappa shape index (κ1) is 13.6. The zero-order valence-electron chi connectivity index (χ0n) is 11.5. The topological polar surface area (TPSA) is 77.9 Å². The first-order chi connectivity index (χ1) is 10.1. The average Bonchev–Trinajstić information content (AvgIpc) is 3.07. The van der Waals surface area contributed by atoms with E-state index in [9.17, 15) is 14.4 Å². The lowest BCUT2D eigenvalue weighted by Gasteiger charge is -2.21. The standard InChI is InChI=1S/C15H16N2O4/c18-13-8-10-3-4-11(15(20)21)7-12(10)17(13)9-14(19)16-5-1-2-6-16/h3-4,7H,1-2,5-6,8-9H2,(H,20,21). The van der Waals surface area contributed by atoms with Crippen molar-refractivity contribution in [3.63, 3.8) is 0 Å². The van der Waals surface area contributed by atoms with Crippen molar-refractivity contribution in [2.24, 2.45) is 0 Å². The number of fused-ring (bicyclic) bond motifs is 1. The van der Waals surface area contributed by atoms with Crippen LogP contribution in [-0.2, 0) is 16.0 Å². The third-order valence-corrected chi connectivity index (χ3v) is 4.02. The number of nitrogens with zero attached hydrogens (tertiary/aromatic N) is 2. The summed E-state index contributed by atoms with van der Waals surface area (Å²) in [5.41, 5.74) is 1.45. The number of likely N-dealkylation sites (tertiary alicyclic amines) is 1. The van der Waals surface area contributed by atoms with E-state index in [1.54, 1.807) is 11.0 Å². The molecule has 0 saturated carbocycles. The van der Waals surface area contributed by atoms with E-state index in [2.05, 4.69) is 0 Å². The minimum Gasteiger partial charge on any atom is -0.478 e. The van der Waals surface area contributed by atoms with Crippen LogP contribution in [0.5, 0.6) is 0 Å². The molecule has 6 heteroatoms. The summed E-state index contributed by atoms with van der Waals surface area (Å²) in [6.07, 6.45) is 2.22. The number of carboxylic acids is 1. The summed E-state index contributed by atoms with van der Waals surface area (Å²) in [7, 11) is 0. The number of hydrogen-bond acceptors (Lipinski definition) is 3. The SMILES string of the molecule is O=C(O)c1ccc2c(c1)N(CC(=O)N1CCCC1)C(=O)C2. The summed E-state index contributed by atoms with van der Waals surface area (Å²) in [5, 5.41) is 9.04. The van der Waals surface area contributed by atoms with E-state index in [1.165, 1.54) is 17.0 Å². The Morgan fingerprint density at radius 1 is 1.19 bits per heavy atom. The number of amides is 2. The molecule has 110 valence electrons. The van der Waals surface area contributed by atoms with Crippen LogP contribution >= 0.6 is 0 Å². The number of hydrogen-bond donors (Lipinski definition) is 1. The molecule has 0 aromatic heterocycles. The van der Waals surface area contributed by atoms with Gasteiger partial charge in [-0.15, -0.1) is 0 Å². The maximum atomic E-state index is 12.2. The van der Waals surface area contributed by atoms with Gasteiger partial charge in [0, 0.05) is 18.8 Å². The number of anilines is 1. The molecule has 2 heterocycles. The van der Waals surface area contributed by atoms with Crippen LogP contribution in [0.2, 0.25) is 0 Å². The van der Waals surface area contributed by atoms with Crippen molar-refractivity contribution in [3.05, 3.63) is 29.3 Å². The van der Waals surface area contributed by atoms with Gasteiger partial charge < -0.3 is 14.9 Å². The fourth-order valence-electron chi connectivity index (χ4n) is 2.87. The number of carboxylic acid groups (broad SMARTS) is 1. The Labute approximate surface area is 122 Å². The van der Waals surface area contributed by atoms with Crippen molar-refractivity contribution in [2.75, 3.05) is 24.5 Å². The highest BCUT2D eigenvalue weighted by Gasteiger charge is 2.31. The Morgan fingerprint density at radius 2 is 1.90 bits per heavy atom. The molecule has 1 aromatic carbocycles. The van der Waals surface area contributed by atoms with Crippen LogP contribution in [0.1, 0.15) is 28.8 Å². The summed E-state index contributed by atoms with van der Waals surface area (Å²) in [5.74, 6) is -1.27. The van der Waals surface area contributed by atoms with Gasteiger partial charge in [-0.25, -0.2) is 4.79 Å². The lowest BCUT2D eigenvalue weighted by atomic mass is 10.1. The predicted octanol–water partition coefficient (Wildman–Crippen LogP) is 0.896. The zero-order chi connectivity index (χ0) is 15.0. The molecule has 6 nitrogen and oxygen atoms in total. The zero-order valence-corrected chi connectivity index (χ0v) is 11.5. The molecule has 3 rings (SSSR count). The molecule has 2 aliphatic heterocycles. The fourth-order valence-corrected chi connectivity index (χ4v) is 2.87. The third kappa shape index (κ3) is 2.49.